The van der Waals surface area contributed by atoms with Crippen LogP contribution in [0.25, 0.3) is 0 Å². The van der Waals surface area contributed by atoms with Gasteiger partial charge in [-0.05, 0) is 50.6 Å². The molecule has 0 aromatic heterocycles. The highest BCUT2D eigenvalue weighted by molar-refractivity contribution is 5.97. The van der Waals surface area contributed by atoms with Crippen molar-refractivity contribution in [1.82, 2.24) is 5.32 Å². The van der Waals surface area contributed by atoms with Crippen molar-refractivity contribution < 1.29 is 14.7 Å². The van der Waals surface area contributed by atoms with Crippen molar-refractivity contribution >= 4 is 17.6 Å². The molecule has 1 aromatic carbocycles. The van der Waals surface area contributed by atoms with Gasteiger partial charge < -0.3 is 15.7 Å². The molecule has 0 spiro atoms. The van der Waals surface area contributed by atoms with E-state index in [4.69, 9.17) is 5.11 Å². The van der Waals surface area contributed by atoms with E-state index in [1.165, 1.54) is 12.1 Å². The number of piperidine rings is 1. The Morgan fingerprint density at radius 3 is 2.67 bits per heavy atom. The topological polar surface area (TPSA) is 78.4 Å². The van der Waals surface area contributed by atoms with Gasteiger partial charge in [-0.2, -0.15) is 0 Å². The number of hydrogen-bond donors (Lipinski definition) is 3. The van der Waals surface area contributed by atoms with E-state index < -0.39 is 5.97 Å². The monoisotopic (exact) mass is 290 g/mol. The zero-order valence-corrected chi connectivity index (χ0v) is 12.3. The first-order valence-corrected chi connectivity index (χ1v) is 7.43. The molecule has 0 bridgehead atoms. The lowest BCUT2D eigenvalue weighted by Crippen LogP contribution is -2.44. The molecule has 1 amide bonds. The minimum atomic E-state index is -0.990. The van der Waals surface area contributed by atoms with Crippen LogP contribution in [0.5, 0.6) is 0 Å². The van der Waals surface area contributed by atoms with Crippen LogP contribution in [-0.2, 0) is 4.79 Å². The second-order valence-corrected chi connectivity index (χ2v) is 5.62. The van der Waals surface area contributed by atoms with Crippen LogP contribution in [-0.4, -0.2) is 30.1 Å². The smallest absolute Gasteiger partial charge is 0.335 e. The van der Waals surface area contributed by atoms with Crippen LogP contribution in [0.1, 0.15) is 43.0 Å². The first kappa shape index (κ1) is 15.5. The number of carbonyl (C=O) groups is 2. The molecule has 1 aliphatic heterocycles. The lowest BCUT2D eigenvalue weighted by Gasteiger charge is -2.36. The number of amides is 1. The van der Waals surface area contributed by atoms with E-state index in [2.05, 4.69) is 17.6 Å². The van der Waals surface area contributed by atoms with E-state index in [1.807, 2.05) is 0 Å². The molecule has 1 fully saturated rings. The molecule has 114 valence electrons. The Balaban J connectivity index is 2.15. The summed E-state index contributed by atoms with van der Waals surface area (Å²) in [4.78, 5) is 23.7. The molecular formula is C16H22N2O3. The van der Waals surface area contributed by atoms with Gasteiger partial charge in [-0.1, -0.05) is 19.4 Å². The molecule has 1 aromatic rings. The van der Waals surface area contributed by atoms with Gasteiger partial charge in [0.05, 0.1) is 11.0 Å². The summed E-state index contributed by atoms with van der Waals surface area (Å²) >= 11 is 0. The molecule has 2 rings (SSSR count). The van der Waals surface area contributed by atoms with Gasteiger partial charge in [0.2, 0.25) is 5.91 Å². The second kappa shape index (κ2) is 6.72. The molecule has 0 unspecified atom stereocenters. The average molecular weight is 290 g/mol. The fraction of sp³-hybridized carbons (Fsp3) is 0.500. The maximum atomic E-state index is 12.7. The Morgan fingerprint density at radius 2 is 2.05 bits per heavy atom. The number of carbonyl (C=O) groups excluding carboxylic acids is 1. The Morgan fingerprint density at radius 1 is 1.33 bits per heavy atom. The standard InChI is InChI=1S/C16H22N2O3/c1-2-6-16(7-9-17-10-8-16)15(21)18-13-5-3-4-12(11-13)14(19)20/h3-5,11,17H,2,6-10H2,1H3,(H,18,21)(H,19,20). The number of benzene rings is 1. The maximum Gasteiger partial charge on any atom is 0.335 e. The van der Waals surface area contributed by atoms with Crippen LogP contribution in [0.2, 0.25) is 0 Å². The van der Waals surface area contributed by atoms with Crippen LogP contribution in [0.3, 0.4) is 0 Å². The third kappa shape index (κ3) is 3.61. The van der Waals surface area contributed by atoms with Gasteiger partial charge in [-0.25, -0.2) is 4.79 Å². The van der Waals surface area contributed by atoms with Crippen LogP contribution in [0.15, 0.2) is 24.3 Å². The summed E-state index contributed by atoms with van der Waals surface area (Å²) < 4.78 is 0. The van der Waals surface area contributed by atoms with Gasteiger partial charge in [0.1, 0.15) is 0 Å². The molecule has 5 heteroatoms. The Kier molecular flexibility index (Phi) is 4.96. The van der Waals surface area contributed by atoms with Crippen LogP contribution >= 0.6 is 0 Å². The lowest BCUT2D eigenvalue weighted by molar-refractivity contribution is -0.127. The van der Waals surface area contributed by atoms with Gasteiger partial charge in [-0.15, -0.1) is 0 Å². The minimum Gasteiger partial charge on any atom is -0.478 e. The zero-order valence-electron chi connectivity index (χ0n) is 12.3. The van der Waals surface area contributed by atoms with Gasteiger partial charge in [0.25, 0.3) is 0 Å². The van der Waals surface area contributed by atoms with Crippen molar-refractivity contribution in [2.24, 2.45) is 5.41 Å². The number of aromatic carboxylic acids is 1. The van der Waals surface area contributed by atoms with E-state index >= 15 is 0 Å². The summed E-state index contributed by atoms with van der Waals surface area (Å²) in [5, 5.41) is 15.2. The Bertz CT molecular complexity index is 516. The molecule has 0 aliphatic carbocycles. The molecule has 3 N–H and O–H groups in total. The van der Waals surface area contributed by atoms with Crippen molar-refractivity contribution in [1.29, 1.82) is 0 Å². The predicted molar refractivity (Wildman–Crippen MR) is 81.5 cm³/mol. The predicted octanol–water partition coefficient (Wildman–Crippen LogP) is 2.49. The van der Waals surface area contributed by atoms with Gasteiger partial charge >= 0.3 is 5.97 Å². The highest BCUT2D eigenvalue weighted by Crippen LogP contribution is 2.35. The molecule has 21 heavy (non-hydrogen) atoms. The van der Waals surface area contributed by atoms with Gasteiger partial charge in [0, 0.05) is 5.69 Å². The number of anilines is 1. The first-order valence-electron chi connectivity index (χ1n) is 7.43. The molecule has 5 nitrogen and oxygen atoms in total. The molecule has 1 aliphatic rings. The minimum absolute atomic E-state index is 0.00777. The van der Waals surface area contributed by atoms with Crippen LogP contribution in [0.4, 0.5) is 5.69 Å². The average Bonchev–Trinajstić information content (AvgIpc) is 2.48. The third-order valence-electron chi connectivity index (χ3n) is 4.14. The normalized spacial score (nSPS) is 17.2. The van der Waals surface area contributed by atoms with Crippen molar-refractivity contribution in [2.45, 2.75) is 32.6 Å². The van der Waals surface area contributed by atoms with Crippen LogP contribution < -0.4 is 10.6 Å². The third-order valence-corrected chi connectivity index (χ3v) is 4.14. The number of carboxylic acids is 1. The fourth-order valence-corrected chi connectivity index (χ4v) is 2.97. The Hall–Kier alpha value is -1.88. The number of rotatable bonds is 5. The van der Waals surface area contributed by atoms with Crippen molar-refractivity contribution in [3.63, 3.8) is 0 Å². The molecule has 1 heterocycles. The Labute approximate surface area is 124 Å². The summed E-state index contributed by atoms with van der Waals surface area (Å²) in [5.41, 5.74) is 0.399. The summed E-state index contributed by atoms with van der Waals surface area (Å²) in [6.45, 7) is 3.79. The van der Waals surface area contributed by atoms with E-state index in [0.717, 1.165) is 38.8 Å². The first-order chi connectivity index (χ1) is 10.1. The number of carboxylic acid groups (broad SMARTS) is 1. The summed E-state index contributed by atoms with van der Waals surface area (Å²) in [7, 11) is 0. The molecule has 0 atom stereocenters. The molecular weight excluding hydrogens is 268 g/mol. The number of hydrogen-bond acceptors (Lipinski definition) is 3. The quantitative estimate of drug-likeness (QED) is 0.778. The lowest BCUT2D eigenvalue weighted by atomic mass is 9.74. The summed E-state index contributed by atoms with van der Waals surface area (Å²) in [5.74, 6) is -0.982. The highest BCUT2D eigenvalue weighted by atomic mass is 16.4. The second-order valence-electron chi connectivity index (χ2n) is 5.62. The van der Waals surface area contributed by atoms with Crippen molar-refractivity contribution in [2.75, 3.05) is 18.4 Å². The maximum absolute atomic E-state index is 12.7. The highest BCUT2D eigenvalue weighted by Gasteiger charge is 2.38. The van der Waals surface area contributed by atoms with E-state index in [1.54, 1.807) is 12.1 Å². The SMILES string of the molecule is CCCC1(C(=O)Nc2cccc(C(=O)O)c2)CCNCC1. The fourth-order valence-electron chi connectivity index (χ4n) is 2.97. The molecule has 0 radical (unpaired) electrons. The molecule has 0 saturated carbocycles. The van der Waals surface area contributed by atoms with E-state index in [-0.39, 0.29) is 16.9 Å². The summed E-state index contributed by atoms with van der Waals surface area (Å²) in [6, 6.07) is 6.39. The largest absolute Gasteiger partial charge is 0.478 e. The number of nitrogens with one attached hydrogen (secondary N) is 2. The van der Waals surface area contributed by atoms with Crippen LogP contribution in [0, 0.1) is 5.41 Å². The zero-order chi connectivity index (χ0) is 15.3. The summed E-state index contributed by atoms with van der Waals surface area (Å²) in [6.07, 6.45) is 3.47. The van der Waals surface area contributed by atoms with E-state index in [9.17, 15) is 9.59 Å². The van der Waals surface area contributed by atoms with Gasteiger partial charge in [-0.3, -0.25) is 4.79 Å². The van der Waals surface area contributed by atoms with E-state index in [0.29, 0.717) is 5.69 Å². The molecule has 1 saturated heterocycles. The van der Waals surface area contributed by atoms with Crippen molar-refractivity contribution in [3.8, 4) is 0 Å². The van der Waals surface area contributed by atoms with Crippen molar-refractivity contribution in [3.05, 3.63) is 29.8 Å². The van der Waals surface area contributed by atoms with Gasteiger partial charge in [0.15, 0.2) is 0 Å².